The lowest BCUT2D eigenvalue weighted by atomic mass is 10.0. The Morgan fingerprint density at radius 3 is 2.76 bits per heavy atom. The molecule has 1 atom stereocenters. The normalized spacial score (nSPS) is 20.1. The van der Waals surface area contributed by atoms with Crippen molar-refractivity contribution in [2.24, 2.45) is 0 Å². The molecule has 1 aromatic heterocycles. The van der Waals surface area contributed by atoms with E-state index in [4.69, 9.17) is 0 Å². The molecule has 0 spiro atoms. The number of hydrogen-bond acceptors (Lipinski definition) is 5. The van der Waals surface area contributed by atoms with Crippen LogP contribution in [0.2, 0.25) is 0 Å². The Morgan fingerprint density at radius 1 is 1.38 bits per heavy atom. The summed E-state index contributed by atoms with van der Waals surface area (Å²) in [6.07, 6.45) is 2.85. The Balaban J connectivity index is 2.23. The number of aromatic nitrogens is 1. The summed E-state index contributed by atoms with van der Waals surface area (Å²) in [5.41, 5.74) is 4.41. The minimum atomic E-state index is -1.29. The van der Waals surface area contributed by atoms with Crippen molar-refractivity contribution in [2.75, 3.05) is 7.05 Å². The highest BCUT2D eigenvalue weighted by atomic mass is 16.2. The van der Waals surface area contributed by atoms with Crippen molar-refractivity contribution in [1.82, 2.24) is 26.5 Å². The van der Waals surface area contributed by atoms with E-state index in [1.165, 1.54) is 25.4 Å². The lowest BCUT2D eigenvalue weighted by Crippen LogP contribution is -2.42. The number of hydrogen-bond donors (Lipinski definition) is 4. The van der Waals surface area contributed by atoms with Crippen LogP contribution < -0.4 is 21.5 Å². The average molecular weight is 287 g/mol. The van der Waals surface area contributed by atoms with Gasteiger partial charge in [-0.15, -0.1) is 0 Å². The van der Waals surface area contributed by atoms with Crippen molar-refractivity contribution in [2.45, 2.75) is 12.5 Å². The Morgan fingerprint density at radius 2 is 2.14 bits per heavy atom. The van der Waals surface area contributed by atoms with E-state index >= 15 is 0 Å². The number of amides is 4. The third-order valence-electron chi connectivity index (χ3n) is 2.74. The Bertz CT molecular complexity index is 676. The van der Waals surface area contributed by atoms with Crippen molar-refractivity contribution >= 4 is 17.8 Å². The van der Waals surface area contributed by atoms with Gasteiger partial charge in [-0.3, -0.25) is 25.3 Å². The molecule has 1 fully saturated rings. The zero-order valence-corrected chi connectivity index (χ0v) is 11.4. The number of pyridine rings is 1. The standard InChI is InChI=1S/C13H13N5O3/c1-13(11(20)16-12(21)17-13)4-3-8-5-9(7-15-6-8)10(19)18-14-2/h5-7,14H,1-2H3,(H,18,19)(H2,16,17,20,21). The minimum Gasteiger partial charge on any atom is -0.313 e. The topological polar surface area (TPSA) is 112 Å². The summed E-state index contributed by atoms with van der Waals surface area (Å²) in [5, 5.41) is 4.54. The maximum atomic E-state index is 11.6. The molecule has 1 aliphatic rings. The van der Waals surface area contributed by atoms with Crippen LogP contribution in [0.3, 0.4) is 0 Å². The zero-order chi connectivity index (χ0) is 15.5. The largest absolute Gasteiger partial charge is 0.323 e. The van der Waals surface area contributed by atoms with E-state index in [0.29, 0.717) is 11.1 Å². The predicted octanol–water partition coefficient (Wildman–Crippen LogP) is -1.10. The van der Waals surface area contributed by atoms with Gasteiger partial charge in [0.1, 0.15) is 0 Å². The van der Waals surface area contributed by atoms with Crippen molar-refractivity contribution in [1.29, 1.82) is 0 Å². The van der Waals surface area contributed by atoms with Crippen LogP contribution in [0.1, 0.15) is 22.8 Å². The third-order valence-corrected chi connectivity index (χ3v) is 2.74. The molecule has 108 valence electrons. The van der Waals surface area contributed by atoms with Crippen molar-refractivity contribution in [3.8, 4) is 11.8 Å². The second-order valence-electron chi connectivity index (χ2n) is 4.45. The first-order valence-corrected chi connectivity index (χ1v) is 6.03. The van der Waals surface area contributed by atoms with Gasteiger partial charge in [-0.05, 0) is 13.0 Å². The molecular formula is C13H13N5O3. The number of rotatable bonds is 2. The summed E-state index contributed by atoms with van der Waals surface area (Å²) >= 11 is 0. The van der Waals surface area contributed by atoms with E-state index in [0.717, 1.165) is 0 Å². The first kappa shape index (κ1) is 14.5. The first-order chi connectivity index (χ1) is 9.94. The highest BCUT2D eigenvalue weighted by Crippen LogP contribution is 2.09. The summed E-state index contributed by atoms with van der Waals surface area (Å²) < 4.78 is 0. The molecule has 8 heteroatoms. The van der Waals surface area contributed by atoms with Gasteiger partial charge in [-0.25, -0.2) is 10.2 Å². The summed E-state index contributed by atoms with van der Waals surface area (Å²) in [7, 11) is 1.57. The van der Waals surface area contributed by atoms with Gasteiger partial charge in [0.05, 0.1) is 5.56 Å². The number of urea groups is 1. The molecule has 8 nitrogen and oxygen atoms in total. The average Bonchev–Trinajstić information content (AvgIpc) is 2.71. The summed E-state index contributed by atoms with van der Waals surface area (Å²) in [6, 6.07) is 0.946. The Labute approximate surface area is 120 Å². The van der Waals surface area contributed by atoms with Gasteiger partial charge < -0.3 is 5.32 Å². The predicted molar refractivity (Wildman–Crippen MR) is 72.7 cm³/mol. The molecule has 21 heavy (non-hydrogen) atoms. The monoisotopic (exact) mass is 287 g/mol. The quantitative estimate of drug-likeness (QED) is 0.313. The summed E-state index contributed by atoms with van der Waals surface area (Å²) in [6.45, 7) is 1.49. The van der Waals surface area contributed by atoms with E-state index in [-0.39, 0.29) is 5.91 Å². The van der Waals surface area contributed by atoms with Crippen LogP contribution in [0.5, 0.6) is 0 Å². The maximum absolute atomic E-state index is 11.6. The zero-order valence-electron chi connectivity index (χ0n) is 11.4. The van der Waals surface area contributed by atoms with Crippen LogP contribution in [-0.4, -0.2) is 35.4 Å². The molecule has 0 radical (unpaired) electrons. The number of carbonyl (C=O) groups excluding carboxylic acids is 3. The number of imide groups is 1. The molecule has 1 aliphatic heterocycles. The molecule has 0 saturated carbocycles. The summed E-state index contributed by atoms with van der Waals surface area (Å²) in [4.78, 5) is 38.3. The number of carbonyl (C=O) groups is 3. The number of nitrogens with zero attached hydrogens (tertiary/aromatic N) is 1. The van der Waals surface area contributed by atoms with E-state index in [2.05, 4.69) is 38.3 Å². The van der Waals surface area contributed by atoms with Crippen molar-refractivity contribution in [3.63, 3.8) is 0 Å². The molecular weight excluding hydrogens is 274 g/mol. The second-order valence-corrected chi connectivity index (χ2v) is 4.45. The van der Waals surface area contributed by atoms with E-state index in [1.807, 2.05) is 0 Å². The second kappa shape index (κ2) is 5.60. The molecule has 2 heterocycles. The third kappa shape index (κ3) is 3.16. The molecule has 4 N–H and O–H groups in total. The summed E-state index contributed by atoms with van der Waals surface area (Å²) in [5.74, 6) is 4.53. The van der Waals surface area contributed by atoms with Crippen molar-refractivity contribution in [3.05, 3.63) is 29.6 Å². The van der Waals surface area contributed by atoms with Gasteiger partial charge in [0.2, 0.25) is 0 Å². The van der Waals surface area contributed by atoms with Gasteiger partial charge in [-0.2, -0.15) is 0 Å². The van der Waals surface area contributed by atoms with Crippen LogP contribution in [0.15, 0.2) is 18.5 Å². The lowest BCUT2D eigenvalue weighted by molar-refractivity contribution is -0.121. The molecule has 1 aromatic rings. The number of nitrogens with one attached hydrogen (secondary N) is 4. The van der Waals surface area contributed by atoms with Gasteiger partial charge in [0.15, 0.2) is 5.54 Å². The van der Waals surface area contributed by atoms with Gasteiger partial charge in [0.25, 0.3) is 11.8 Å². The smallest absolute Gasteiger partial charge is 0.313 e. The van der Waals surface area contributed by atoms with Crippen LogP contribution in [0, 0.1) is 11.8 Å². The highest BCUT2D eigenvalue weighted by Gasteiger charge is 2.40. The molecule has 1 saturated heterocycles. The fourth-order valence-electron chi connectivity index (χ4n) is 1.65. The molecule has 2 rings (SSSR count). The van der Waals surface area contributed by atoms with Crippen LogP contribution >= 0.6 is 0 Å². The first-order valence-electron chi connectivity index (χ1n) is 6.03. The molecule has 4 amide bonds. The highest BCUT2D eigenvalue weighted by molar-refractivity contribution is 6.08. The van der Waals surface area contributed by atoms with E-state index in [1.54, 1.807) is 7.05 Å². The number of hydrazine groups is 1. The lowest BCUT2D eigenvalue weighted by Gasteiger charge is -2.11. The molecule has 0 aliphatic carbocycles. The van der Waals surface area contributed by atoms with Crippen LogP contribution in [0.4, 0.5) is 4.79 Å². The maximum Gasteiger partial charge on any atom is 0.323 e. The molecule has 1 unspecified atom stereocenters. The SMILES string of the molecule is CNNC(=O)c1cncc(C#CC2(C)NC(=O)NC2=O)c1. The molecule has 0 bridgehead atoms. The van der Waals surface area contributed by atoms with Crippen molar-refractivity contribution < 1.29 is 14.4 Å². The van der Waals surface area contributed by atoms with E-state index < -0.39 is 17.5 Å². The Hall–Kier alpha value is -2.92. The van der Waals surface area contributed by atoms with Crippen LogP contribution in [0.25, 0.3) is 0 Å². The van der Waals surface area contributed by atoms with Gasteiger partial charge >= 0.3 is 6.03 Å². The van der Waals surface area contributed by atoms with Gasteiger partial charge in [-0.1, -0.05) is 11.8 Å². The van der Waals surface area contributed by atoms with E-state index in [9.17, 15) is 14.4 Å². The van der Waals surface area contributed by atoms with Gasteiger partial charge in [0, 0.05) is 25.0 Å². The molecule has 0 aromatic carbocycles. The van der Waals surface area contributed by atoms with Crippen LogP contribution in [-0.2, 0) is 4.79 Å². The fourth-order valence-corrected chi connectivity index (χ4v) is 1.65. The fraction of sp³-hybridized carbons (Fsp3) is 0.231. The minimum absolute atomic E-state index is 0.321. The Kier molecular flexibility index (Phi) is 3.86.